The highest BCUT2D eigenvalue weighted by Gasteiger charge is 2.46. The maximum Gasteiger partial charge on any atom is 0.270 e. The van der Waals surface area contributed by atoms with Crippen LogP contribution in [0.2, 0.25) is 0 Å². The molecule has 1 aromatic heterocycles. The van der Waals surface area contributed by atoms with Gasteiger partial charge in [0.05, 0.1) is 25.2 Å². The SMILES string of the molecule is C[C@@H](NC(=O)c1ccnc(C2CCN(C(=O)C3COC3)CC2)n1)c1ccc(C(=C2CC3(CNC3)C2)c2ccc(F)cc2)cc1. The summed E-state index contributed by atoms with van der Waals surface area (Å²) in [6.07, 6.45) is 5.33. The summed E-state index contributed by atoms with van der Waals surface area (Å²) in [5, 5.41) is 6.49. The molecule has 3 aromatic rings. The molecule has 1 aliphatic carbocycles. The quantitative estimate of drug-likeness (QED) is 0.413. The lowest BCUT2D eigenvalue weighted by Crippen LogP contribution is -2.58. The third-order valence-corrected chi connectivity index (χ3v) is 9.78. The monoisotopic (exact) mass is 595 g/mol. The minimum absolute atomic E-state index is 0.00175. The van der Waals surface area contributed by atoms with E-state index in [-0.39, 0.29) is 35.5 Å². The molecule has 44 heavy (non-hydrogen) atoms. The number of aromatic nitrogens is 2. The zero-order valence-corrected chi connectivity index (χ0v) is 25.0. The van der Waals surface area contributed by atoms with Gasteiger partial charge in [0.1, 0.15) is 17.3 Å². The maximum absolute atomic E-state index is 13.7. The van der Waals surface area contributed by atoms with E-state index in [1.54, 1.807) is 12.3 Å². The lowest BCUT2D eigenvalue weighted by Gasteiger charge is -2.52. The van der Waals surface area contributed by atoms with Crippen molar-refractivity contribution in [2.24, 2.45) is 11.3 Å². The molecule has 0 unspecified atom stereocenters. The normalized spacial score (nSPS) is 20.3. The van der Waals surface area contributed by atoms with E-state index in [0.29, 0.717) is 43.2 Å². The molecule has 1 spiro atoms. The Bertz CT molecular complexity index is 1560. The summed E-state index contributed by atoms with van der Waals surface area (Å²) in [4.78, 5) is 36.8. The minimum atomic E-state index is -0.245. The predicted octanol–water partition coefficient (Wildman–Crippen LogP) is 4.64. The standard InChI is InChI=1S/C35H38FN5O3/c1-22(39-33(42)30-10-13-38-32(40-30)26-11-14-41(15-12-26)34(43)28-18-44-19-28)23-2-4-24(5-3-23)31(25-6-8-29(36)9-7-25)27-16-35(17-27)20-37-21-35/h2-10,13,22,26,28,37H,11-12,14-21H2,1H3,(H,39,42)/t22-/m1/s1. The van der Waals surface area contributed by atoms with Crippen LogP contribution >= 0.6 is 0 Å². The number of nitrogens with zero attached hydrogens (tertiary/aromatic N) is 3. The first kappa shape index (κ1) is 28.8. The van der Waals surface area contributed by atoms with Crippen LogP contribution in [0.25, 0.3) is 5.57 Å². The first-order valence-electron chi connectivity index (χ1n) is 15.7. The van der Waals surface area contributed by atoms with Crippen molar-refractivity contribution in [2.75, 3.05) is 39.4 Å². The smallest absolute Gasteiger partial charge is 0.270 e. The fourth-order valence-corrected chi connectivity index (χ4v) is 6.93. The summed E-state index contributed by atoms with van der Waals surface area (Å²) in [6.45, 7) is 6.48. The molecule has 8 nitrogen and oxygen atoms in total. The Morgan fingerprint density at radius 2 is 1.66 bits per heavy atom. The van der Waals surface area contributed by atoms with Crippen molar-refractivity contribution in [3.8, 4) is 0 Å². The van der Waals surface area contributed by atoms with Gasteiger partial charge in [-0.15, -0.1) is 0 Å². The summed E-state index contributed by atoms with van der Waals surface area (Å²) in [7, 11) is 0. The second-order valence-electron chi connectivity index (χ2n) is 12.9. The lowest BCUT2D eigenvalue weighted by atomic mass is 9.60. The molecule has 1 saturated carbocycles. The summed E-state index contributed by atoms with van der Waals surface area (Å²) in [6, 6.07) is 16.5. The molecule has 3 aliphatic heterocycles. The predicted molar refractivity (Wildman–Crippen MR) is 164 cm³/mol. The lowest BCUT2D eigenvalue weighted by molar-refractivity contribution is -0.150. The van der Waals surface area contributed by atoms with Crippen LogP contribution in [0.15, 0.2) is 66.4 Å². The van der Waals surface area contributed by atoms with Crippen molar-refractivity contribution in [3.63, 3.8) is 0 Å². The Morgan fingerprint density at radius 3 is 2.25 bits per heavy atom. The number of likely N-dealkylation sites (tertiary alicyclic amines) is 1. The fourth-order valence-electron chi connectivity index (χ4n) is 6.93. The Balaban J connectivity index is 1.00. The first-order chi connectivity index (χ1) is 21.4. The van der Waals surface area contributed by atoms with Gasteiger partial charge in [0.2, 0.25) is 5.91 Å². The zero-order chi connectivity index (χ0) is 30.3. The van der Waals surface area contributed by atoms with E-state index in [0.717, 1.165) is 55.5 Å². The van der Waals surface area contributed by atoms with Gasteiger partial charge in [0.25, 0.3) is 5.91 Å². The number of carbonyl (C=O) groups excluding carboxylic acids is 2. The van der Waals surface area contributed by atoms with Crippen molar-refractivity contribution in [2.45, 2.75) is 44.6 Å². The van der Waals surface area contributed by atoms with Gasteiger partial charge >= 0.3 is 0 Å². The van der Waals surface area contributed by atoms with Crippen LogP contribution in [0.5, 0.6) is 0 Å². The van der Waals surface area contributed by atoms with Crippen LogP contribution in [0.1, 0.15) is 77.6 Å². The number of nitrogens with one attached hydrogen (secondary N) is 2. The van der Waals surface area contributed by atoms with E-state index < -0.39 is 0 Å². The average Bonchev–Trinajstić information content (AvgIpc) is 2.98. The molecule has 4 heterocycles. The van der Waals surface area contributed by atoms with E-state index in [1.807, 2.05) is 24.0 Å². The number of hydrogen-bond acceptors (Lipinski definition) is 6. The summed E-state index contributed by atoms with van der Waals surface area (Å²) < 4.78 is 18.9. The van der Waals surface area contributed by atoms with Gasteiger partial charge in [-0.1, -0.05) is 42.0 Å². The Labute approximate surface area is 257 Å². The molecule has 2 aromatic carbocycles. The van der Waals surface area contributed by atoms with Crippen LogP contribution in [-0.2, 0) is 9.53 Å². The molecule has 3 saturated heterocycles. The number of amides is 2. The number of allylic oxidation sites excluding steroid dienone is 1. The highest BCUT2D eigenvalue weighted by Crippen LogP contribution is 2.51. The number of piperidine rings is 1. The van der Waals surface area contributed by atoms with E-state index in [9.17, 15) is 14.0 Å². The number of carbonyl (C=O) groups is 2. The molecule has 0 radical (unpaired) electrons. The highest BCUT2D eigenvalue weighted by molar-refractivity contribution is 5.92. The fraction of sp³-hybridized carbons (Fsp3) is 0.429. The molecule has 4 aliphatic rings. The molecular formula is C35H38FN5O3. The van der Waals surface area contributed by atoms with E-state index in [1.165, 1.54) is 23.3 Å². The topological polar surface area (TPSA) is 96.5 Å². The van der Waals surface area contributed by atoms with E-state index in [4.69, 9.17) is 4.74 Å². The second-order valence-corrected chi connectivity index (χ2v) is 12.9. The average molecular weight is 596 g/mol. The maximum atomic E-state index is 13.7. The van der Waals surface area contributed by atoms with Gasteiger partial charge in [-0.3, -0.25) is 9.59 Å². The van der Waals surface area contributed by atoms with Crippen molar-refractivity contribution in [1.29, 1.82) is 0 Å². The van der Waals surface area contributed by atoms with Crippen LogP contribution in [0, 0.1) is 17.2 Å². The number of rotatable bonds is 7. The molecule has 0 bridgehead atoms. The number of halogens is 1. The Hall–Kier alpha value is -3.95. The van der Waals surface area contributed by atoms with Crippen LogP contribution in [0.3, 0.4) is 0 Å². The highest BCUT2D eigenvalue weighted by atomic mass is 19.1. The number of benzene rings is 2. The van der Waals surface area contributed by atoms with Crippen LogP contribution < -0.4 is 10.6 Å². The van der Waals surface area contributed by atoms with Gasteiger partial charge in [-0.2, -0.15) is 0 Å². The second kappa shape index (κ2) is 11.9. The molecule has 1 atom stereocenters. The van der Waals surface area contributed by atoms with Gasteiger partial charge in [0, 0.05) is 43.7 Å². The largest absolute Gasteiger partial charge is 0.380 e. The molecule has 2 N–H and O–H groups in total. The number of ether oxygens (including phenoxy) is 1. The van der Waals surface area contributed by atoms with Gasteiger partial charge in [-0.05, 0) is 73.1 Å². The number of hydrogen-bond donors (Lipinski definition) is 2. The summed E-state index contributed by atoms with van der Waals surface area (Å²) in [5.41, 5.74) is 6.46. The molecule has 228 valence electrons. The van der Waals surface area contributed by atoms with Gasteiger partial charge < -0.3 is 20.3 Å². The van der Waals surface area contributed by atoms with Gasteiger partial charge in [0.15, 0.2) is 0 Å². The zero-order valence-electron chi connectivity index (χ0n) is 25.0. The first-order valence-corrected chi connectivity index (χ1v) is 15.7. The minimum Gasteiger partial charge on any atom is -0.380 e. The van der Waals surface area contributed by atoms with Crippen LogP contribution in [0.4, 0.5) is 4.39 Å². The van der Waals surface area contributed by atoms with E-state index >= 15 is 0 Å². The summed E-state index contributed by atoms with van der Waals surface area (Å²) in [5.74, 6) is 0.471. The Morgan fingerprint density at radius 1 is 1.00 bits per heavy atom. The third-order valence-electron chi connectivity index (χ3n) is 9.78. The third kappa shape index (κ3) is 5.66. The van der Waals surface area contributed by atoms with Crippen molar-refractivity contribution in [1.82, 2.24) is 25.5 Å². The molecular weight excluding hydrogens is 557 g/mol. The van der Waals surface area contributed by atoms with Crippen LogP contribution in [-0.4, -0.2) is 66.1 Å². The Kier molecular flexibility index (Phi) is 7.76. The van der Waals surface area contributed by atoms with Gasteiger partial charge in [-0.25, -0.2) is 14.4 Å². The van der Waals surface area contributed by atoms with Crippen molar-refractivity contribution in [3.05, 3.63) is 100 Å². The molecule has 9 heteroatoms. The van der Waals surface area contributed by atoms with Crippen molar-refractivity contribution < 1.29 is 18.7 Å². The van der Waals surface area contributed by atoms with E-state index in [2.05, 4.69) is 44.9 Å². The molecule has 4 fully saturated rings. The van der Waals surface area contributed by atoms with Crippen molar-refractivity contribution >= 4 is 17.4 Å². The molecule has 7 rings (SSSR count). The summed E-state index contributed by atoms with van der Waals surface area (Å²) >= 11 is 0. The molecule has 2 amide bonds.